The largest absolute Gasteiger partial charge is 0.389 e. The van der Waals surface area contributed by atoms with Gasteiger partial charge in [-0.2, -0.15) is 5.10 Å². The van der Waals surface area contributed by atoms with Gasteiger partial charge in [-0.15, -0.1) is 0 Å². The molecular weight excluding hydrogens is 398 g/mol. The molecule has 1 amide bonds. The molecule has 3 aliphatic rings. The van der Waals surface area contributed by atoms with Gasteiger partial charge in [-0.3, -0.25) is 4.79 Å². The highest BCUT2D eigenvalue weighted by Gasteiger charge is 2.32. The van der Waals surface area contributed by atoms with Crippen LogP contribution in [0.4, 0.5) is 16.5 Å². The number of allylic oxidation sites excluding steroid dienone is 2. The maximum atomic E-state index is 13.1. The van der Waals surface area contributed by atoms with E-state index in [1.54, 1.807) is 6.20 Å². The molecule has 0 radical (unpaired) electrons. The van der Waals surface area contributed by atoms with Gasteiger partial charge in [-0.1, -0.05) is 17.4 Å². The smallest absolute Gasteiger partial charge is 0.277 e. The average Bonchev–Trinajstić information content (AvgIpc) is 3.15. The summed E-state index contributed by atoms with van der Waals surface area (Å²) in [5.41, 5.74) is 14.6. The van der Waals surface area contributed by atoms with Crippen molar-refractivity contribution in [2.75, 3.05) is 29.0 Å². The number of nitrogens with one attached hydrogen (secondary N) is 1. The van der Waals surface area contributed by atoms with Crippen LogP contribution in [0, 0.1) is 0 Å². The zero-order chi connectivity index (χ0) is 20.7. The number of nitrogens with two attached hydrogens (primary N) is 2. The zero-order valence-electron chi connectivity index (χ0n) is 17.1. The van der Waals surface area contributed by atoms with Crippen molar-refractivity contribution in [2.24, 2.45) is 5.73 Å². The minimum absolute atomic E-state index is 0.239. The SMILES string of the molecule is Nc1sc(C2=CCCC2)nc1C(=O)Nc1cnn(C2CC2)c1N1CCCC(N)CC1. The molecule has 8 nitrogen and oxygen atoms in total. The first-order valence-electron chi connectivity index (χ1n) is 10.9. The van der Waals surface area contributed by atoms with E-state index in [1.807, 2.05) is 0 Å². The van der Waals surface area contributed by atoms with Crippen LogP contribution in [0.1, 0.15) is 72.9 Å². The van der Waals surface area contributed by atoms with Crippen molar-refractivity contribution in [1.29, 1.82) is 0 Å². The third-order valence-electron chi connectivity index (χ3n) is 6.17. The number of hydrogen-bond acceptors (Lipinski definition) is 7. The number of rotatable bonds is 5. The number of amides is 1. The summed E-state index contributed by atoms with van der Waals surface area (Å²) in [4.78, 5) is 20.0. The van der Waals surface area contributed by atoms with Crippen LogP contribution in [0.5, 0.6) is 0 Å². The fraction of sp³-hybridized carbons (Fsp3) is 0.571. The van der Waals surface area contributed by atoms with Gasteiger partial charge in [0.1, 0.15) is 15.7 Å². The Morgan fingerprint density at radius 3 is 2.83 bits per heavy atom. The Labute approximate surface area is 180 Å². The molecule has 5 rings (SSSR count). The lowest BCUT2D eigenvalue weighted by Crippen LogP contribution is -2.29. The highest BCUT2D eigenvalue weighted by Crippen LogP contribution is 2.41. The van der Waals surface area contributed by atoms with E-state index in [-0.39, 0.29) is 11.9 Å². The number of carbonyl (C=O) groups is 1. The first-order chi connectivity index (χ1) is 14.6. The van der Waals surface area contributed by atoms with Crippen molar-refractivity contribution in [3.05, 3.63) is 23.0 Å². The quantitative estimate of drug-likeness (QED) is 0.674. The first-order valence-corrected chi connectivity index (χ1v) is 11.8. The third-order valence-corrected chi connectivity index (χ3v) is 7.13. The minimum atomic E-state index is -0.267. The van der Waals surface area contributed by atoms with E-state index >= 15 is 0 Å². The van der Waals surface area contributed by atoms with Crippen LogP contribution in [0.15, 0.2) is 12.3 Å². The Hall–Kier alpha value is -2.39. The van der Waals surface area contributed by atoms with Gasteiger partial charge < -0.3 is 21.7 Å². The van der Waals surface area contributed by atoms with E-state index in [0.717, 1.165) is 81.0 Å². The summed E-state index contributed by atoms with van der Waals surface area (Å²) in [5.74, 6) is 0.726. The highest BCUT2D eigenvalue weighted by atomic mass is 32.1. The van der Waals surface area contributed by atoms with E-state index in [2.05, 4.69) is 31.1 Å². The summed E-state index contributed by atoms with van der Waals surface area (Å²) in [5, 5.41) is 9.00. The van der Waals surface area contributed by atoms with Crippen LogP contribution in [0.2, 0.25) is 0 Å². The molecule has 5 N–H and O–H groups in total. The fourth-order valence-corrected chi connectivity index (χ4v) is 5.25. The molecule has 0 bridgehead atoms. The van der Waals surface area contributed by atoms with E-state index in [9.17, 15) is 4.79 Å². The van der Waals surface area contributed by atoms with Gasteiger partial charge in [0.05, 0.1) is 12.2 Å². The summed E-state index contributed by atoms with van der Waals surface area (Å²) in [6, 6.07) is 0.663. The number of anilines is 3. The predicted octanol–water partition coefficient (Wildman–Crippen LogP) is 3.39. The summed E-state index contributed by atoms with van der Waals surface area (Å²) in [6.45, 7) is 1.80. The van der Waals surface area contributed by atoms with Crippen LogP contribution in [0.3, 0.4) is 0 Å². The molecule has 1 atom stereocenters. The standard InChI is InChI=1S/C21H29N7OS/c22-14-6-3-10-27(11-9-14)21-16(12-24-28(21)15-7-8-15)25-19(29)17-18(23)30-20(26-17)13-4-1-2-5-13/h4,12,14-15H,1-3,5-11,22-23H2,(H,25,29). The Balaban J connectivity index is 1.40. The van der Waals surface area contributed by atoms with Gasteiger partial charge in [0.25, 0.3) is 5.91 Å². The number of thiazole rings is 1. The molecule has 1 saturated carbocycles. The molecule has 2 aliphatic carbocycles. The van der Waals surface area contributed by atoms with Gasteiger partial charge >= 0.3 is 0 Å². The van der Waals surface area contributed by atoms with Gasteiger partial charge in [0.2, 0.25) is 0 Å². The first kappa shape index (κ1) is 19.6. The van der Waals surface area contributed by atoms with Crippen molar-refractivity contribution in [3.8, 4) is 0 Å². The number of hydrogen-bond donors (Lipinski definition) is 3. The zero-order valence-corrected chi connectivity index (χ0v) is 18.0. The Morgan fingerprint density at radius 2 is 2.07 bits per heavy atom. The summed E-state index contributed by atoms with van der Waals surface area (Å²) in [6.07, 6.45) is 12.5. The van der Waals surface area contributed by atoms with Gasteiger partial charge in [0, 0.05) is 19.1 Å². The van der Waals surface area contributed by atoms with Crippen LogP contribution < -0.4 is 21.7 Å². The Morgan fingerprint density at radius 1 is 1.20 bits per heavy atom. The number of aromatic nitrogens is 3. The maximum Gasteiger partial charge on any atom is 0.277 e. The molecule has 2 aromatic rings. The van der Waals surface area contributed by atoms with Crippen LogP contribution in [-0.4, -0.2) is 39.8 Å². The van der Waals surface area contributed by atoms with Gasteiger partial charge in [-0.25, -0.2) is 9.67 Å². The number of nitrogen functional groups attached to an aromatic ring is 1. The summed E-state index contributed by atoms with van der Waals surface area (Å²) in [7, 11) is 0. The second-order valence-corrected chi connectivity index (χ2v) is 9.57. The normalized spacial score (nSPS) is 22.1. The molecule has 3 heterocycles. The monoisotopic (exact) mass is 427 g/mol. The van der Waals surface area contributed by atoms with Crippen molar-refractivity contribution < 1.29 is 4.79 Å². The molecule has 160 valence electrons. The Bertz CT molecular complexity index is 974. The number of carbonyl (C=O) groups excluding carboxylic acids is 1. The fourth-order valence-electron chi connectivity index (χ4n) is 4.36. The predicted molar refractivity (Wildman–Crippen MR) is 121 cm³/mol. The molecule has 2 aromatic heterocycles. The summed E-state index contributed by atoms with van der Waals surface area (Å²) < 4.78 is 2.08. The molecule has 0 spiro atoms. The minimum Gasteiger partial charge on any atom is -0.389 e. The molecule has 0 aromatic carbocycles. The highest BCUT2D eigenvalue weighted by molar-refractivity contribution is 7.17. The molecule has 1 aliphatic heterocycles. The summed E-state index contributed by atoms with van der Waals surface area (Å²) >= 11 is 1.40. The van der Waals surface area contributed by atoms with Crippen molar-refractivity contribution in [2.45, 2.75) is 63.5 Å². The second kappa shape index (κ2) is 8.03. The van der Waals surface area contributed by atoms with Crippen LogP contribution >= 0.6 is 11.3 Å². The van der Waals surface area contributed by atoms with Gasteiger partial charge in [0.15, 0.2) is 11.5 Å². The topological polar surface area (TPSA) is 115 Å². The second-order valence-electron chi connectivity index (χ2n) is 8.54. The molecule has 2 fully saturated rings. The van der Waals surface area contributed by atoms with Gasteiger partial charge in [-0.05, 0) is 56.9 Å². The average molecular weight is 428 g/mol. The third kappa shape index (κ3) is 3.83. The van der Waals surface area contributed by atoms with Crippen LogP contribution in [-0.2, 0) is 0 Å². The van der Waals surface area contributed by atoms with Crippen molar-refractivity contribution >= 4 is 39.3 Å². The molecule has 1 unspecified atom stereocenters. The van der Waals surface area contributed by atoms with E-state index in [1.165, 1.54) is 16.9 Å². The lowest BCUT2D eigenvalue weighted by molar-refractivity contribution is 0.102. The van der Waals surface area contributed by atoms with E-state index in [0.29, 0.717) is 16.7 Å². The lowest BCUT2D eigenvalue weighted by atomic mass is 10.1. The van der Waals surface area contributed by atoms with E-state index < -0.39 is 0 Å². The molecule has 30 heavy (non-hydrogen) atoms. The molecular formula is C21H29N7OS. The number of nitrogens with zero attached hydrogens (tertiary/aromatic N) is 4. The Kier molecular flexibility index (Phi) is 5.24. The maximum absolute atomic E-state index is 13.1. The van der Waals surface area contributed by atoms with Crippen molar-refractivity contribution in [1.82, 2.24) is 14.8 Å². The van der Waals surface area contributed by atoms with Crippen LogP contribution in [0.25, 0.3) is 5.57 Å². The lowest BCUT2D eigenvalue weighted by Gasteiger charge is -2.25. The molecule has 9 heteroatoms. The molecule has 1 saturated heterocycles. The van der Waals surface area contributed by atoms with E-state index in [4.69, 9.17) is 11.5 Å². The van der Waals surface area contributed by atoms with Crippen molar-refractivity contribution in [3.63, 3.8) is 0 Å².